The zero-order valence-electron chi connectivity index (χ0n) is 18.5. The molecule has 3 aromatic rings. The molecule has 164 valence electrons. The summed E-state index contributed by atoms with van der Waals surface area (Å²) < 4.78 is 11.6. The lowest BCUT2D eigenvalue weighted by Gasteiger charge is -2.17. The molecule has 1 saturated heterocycles. The number of likely N-dealkylation sites (tertiary alicyclic amines) is 1. The monoisotopic (exact) mass is 421 g/mol. The van der Waals surface area contributed by atoms with Gasteiger partial charge in [-0.3, -0.25) is 10.00 Å². The Hall–Kier alpha value is -2.83. The van der Waals surface area contributed by atoms with Crippen molar-refractivity contribution in [3.05, 3.63) is 76.6 Å². The van der Waals surface area contributed by atoms with E-state index in [2.05, 4.69) is 52.4 Å². The van der Waals surface area contributed by atoms with Crippen molar-refractivity contribution in [2.45, 2.75) is 39.5 Å². The van der Waals surface area contributed by atoms with Crippen molar-refractivity contribution >= 4 is 0 Å². The molecule has 1 fully saturated rings. The number of rotatable bonds is 8. The number of β-amino-alcohol motifs (C(OH)–C–C–N with tert-alkyl or cyclic N) is 1. The van der Waals surface area contributed by atoms with Gasteiger partial charge in [0.2, 0.25) is 0 Å². The minimum absolute atomic E-state index is 0.196. The van der Waals surface area contributed by atoms with Crippen molar-refractivity contribution in [2.75, 3.05) is 20.2 Å². The van der Waals surface area contributed by atoms with Gasteiger partial charge in [-0.25, -0.2) is 0 Å². The molecule has 2 aromatic carbocycles. The number of benzene rings is 2. The van der Waals surface area contributed by atoms with Crippen LogP contribution in [0.25, 0.3) is 0 Å². The second kappa shape index (κ2) is 9.54. The number of methoxy groups -OCH3 is 1. The number of aliphatic hydroxyl groups is 1. The van der Waals surface area contributed by atoms with E-state index in [9.17, 15) is 5.11 Å². The van der Waals surface area contributed by atoms with Gasteiger partial charge >= 0.3 is 0 Å². The van der Waals surface area contributed by atoms with Crippen LogP contribution in [0.3, 0.4) is 0 Å². The lowest BCUT2D eigenvalue weighted by molar-refractivity contribution is 0.140. The van der Waals surface area contributed by atoms with Gasteiger partial charge < -0.3 is 14.6 Å². The van der Waals surface area contributed by atoms with Crippen molar-refractivity contribution in [1.82, 2.24) is 15.1 Å². The molecule has 6 heteroatoms. The molecular weight excluding hydrogens is 390 g/mol. The van der Waals surface area contributed by atoms with Gasteiger partial charge in [0.1, 0.15) is 6.61 Å². The highest BCUT2D eigenvalue weighted by atomic mass is 16.5. The number of ether oxygens (including phenoxy) is 2. The number of nitrogens with zero attached hydrogens (tertiary/aromatic N) is 2. The maximum Gasteiger partial charge on any atom is 0.161 e. The molecule has 0 bridgehead atoms. The van der Waals surface area contributed by atoms with Crippen LogP contribution in [0.5, 0.6) is 11.5 Å². The third kappa shape index (κ3) is 5.46. The molecule has 0 aliphatic carbocycles. The van der Waals surface area contributed by atoms with E-state index in [1.165, 1.54) is 5.56 Å². The van der Waals surface area contributed by atoms with E-state index >= 15 is 0 Å². The molecule has 0 amide bonds. The van der Waals surface area contributed by atoms with Crippen LogP contribution in [-0.2, 0) is 19.6 Å². The molecule has 2 N–H and O–H groups in total. The topological polar surface area (TPSA) is 70.6 Å². The summed E-state index contributed by atoms with van der Waals surface area (Å²) in [6.45, 7) is 6.86. The van der Waals surface area contributed by atoms with Crippen LogP contribution in [0.4, 0.5) is 0 Å². The Morgan fingerprint density at radius 1 is 1.06 bits per heavy atom. The zero-order chi connectivity index (χ0) is 21.8. The van der Waals surface area contributed by atoms with E-state index in [4.69, 9.17) is 9.47 Å². The minimum atomic E-state index is -0.337. The van der Waals surface area contributed by atoms with E-state index in [1.54, 1.807) is 7.11 Å². The fourth-order valence-corrected chi connectivity index (χ4v) is 4.27. The molecule has 0 spiro atoms. The lowest BCUT2D eigenvalue weighted by Crippen LogP contribution is -2.21. The number of H-pyrrole nitrogens is 1. The molecule has 1 aliphatic heterocycles. The Bertz CT molecular complexity index is 1020. The van der Waals surface area contributed by atoms with Gasteiger partial charge in [-0.15, -0.1) is 0 Å². The van der Waals surface area contributed by atoms with Crippen LogP contribution >= 0.6 is 0 Å². The van der Waals surface area contributed by atoms with Gasteiger partial charge in [0.05, 0.1) is 18.9 Å². The van der Waals surface area contributed by atoms with Crippen LogP contribution in [-0.4, -0.2) is 46.5 Å². The van der Waals surface area contributed by atoms with Crippen LogP contribution < -0.4 is 9.47 Å². The van der Waals surface area contributed by atoms with Crippen LogP contribution in [0.15, 0.2) is 48.5 Å². The first kappa shape index (κ1) is 21.4. The maximum absolute atomic E-state index is 10.5. The molecule has 2 heterocycles. The second-order valence-electron chi connectivity index (χ2n) is 8.53. The highest BCUT2D eigenvalue weighted by molar-refractivity contribution is 5.43. The molecule has 2 atom stereocenters. The normalized spacial score (nSPS) is 19.0. The van der Waals surface area contributed by atoms with Gasteiger partial charge in [-0.05, 0) is 49.6 Å². The summed E-state index contributed by atoms with van der Waals surface area (Å²) in [6, 6.07) is 16.4. The molecule has 0 radical (unpaired) electrons. The molecule has 31 heavy (non-hydrogen) atoms. The van der Waals surface area contributed by atoms with E-state index in [0.29, 0.717) is 13.2 Å². The number of aromatic amines is 1. The smallest absolute Gasteiger partial charge is 0.161 e. The molecule has 1 aromatic heterocycles. The van der Waals surface area contributed by atoms with Crippen molar-refractivity contribution in [1.29, 1.82) is 0 Å². The number of aliphatic hydroxyl groups excluding tert-OH is 1. The fourth-order valence-electron chi connectivity index (χ4n) is 4.27. The standard InChI is InChI=1S/C25H31N3O3/c1-17-5-4-6-20(9-17)16-31-24-8-7-19(11-25(24)30-3)13-28-14-21(23(29)15-28)12-22-10-18(2)26-27-22/h4-11,21,23,29H,12-16H2,1-3H3,(H,26,27). The van der Waals surface area contributed by atoms with Gasteiger partial charge in [0.15, 0.2) is 11.5 Å². The summed E-state index contributed by atoms with van der Waals surface area (Å²) in [4.78, 5) is 2.29. The maximum atomic E-state index is 10.5. The van der Waals surface area contributed by atoms with Gasteiger partial charge in [-0.2, -0.15) is 5.10 Å². The average molecular weight is 422 g/mol. The summed E-state index contributed by atoms with van der Waals surface area (Å²) >= 11 is 0. The van der Waals surface area contributed by atoms with Crippen LogP contribution in [0.2, 0.25) is 0 Å². The summed E-state index contributed by atoms with van der Waals surface area (Å²) in [5, 5.41) is 17.8. The molecule has 0 saturated carbocycles. The second-order valence-corrected chi connectivity index (χ2v) is 8.53. The van der Waals surface area contributed by atoms with E-state index in [-0.39, 0.29) is 12.0 Å². The number of aromatic nitrogens is 2. The van der Waals surface area contributed by atoms with Gasteiger partial charge in [-0.1, -0.05) is 35.9 Å². The van der Waals surface area contributed by atoms with E-state index in [1.807, 2.05) is 25.1 Å². The summed E-state index contributed by atoms with van der Waals surface area (Å²) in [6.07, 6.45) is 0.452. The predicted molar refractivity (Wildman–Crippen MR) is 120 cm³/mol. The van der Waals surface area contributed by atoms with Crippen molar-refractivity contribution in [3.8, 4) is 11.5 Å². The Balaban J connectivity index is 1.36. The summed E-state index contributed by atoms with van der Waals surface area (Å²) in [7, 11) is 1.67. The van der Waals surface area contributed by atoms with Gasteiger partial charge in [0.25, 0.3) is 0 Å². The first-order chi connectivity index (χ1) is 15.0. The zero-order valence-corrected chi connectivity index (χ0v) is 18.5. The highest BCUT2D eigenvalue weighted by Gasteiger charge is 2.31. The number of nitrogens with one attached hydrogen (secondary N) is 1. The third-order valence-electron chi connectivity index (χ3n) is 5.82. The number of hydrogen-bond acceptors (Lipinski definition) is 5. The Morgan fingerprint density at radius 2 is 1.94 bits per heavy atom. The molecule has 1 aliphatic rings. The SMILES string of the molecule is COc1cc(CN2CC(O)C(Cc3cc(C)[nH]n3)C2)ccc1OCc1cccc(C)c1. The largest absolute Gasteiger partial charge is 0.493 e. The Morgan fingerprint density at radius 3 is 2.68 bits per heavy atom. The van der Waals surface area contributed by atoms with Gasteiger partial charge in [0, 0.05) is 31.2 Å². The molecule has 4 rings (SSSR count). The average Bonchev–Trinajstić information content (AvgIpc) is 3.31. The van der Waals surface area contributed by atoms with Crippen LogP contribution in [0, 0.1) is 19.8 Å². The van der Waals surface area contributed by atoms with Crippen molar-refractivity contribution < 1.29 is 14.6 Å². The van der Waals surface area contributed by atoms with Crippen LogP contribution in [0.1, 0.15) is 28.1 Å². The van der Waals surface area contributed by atoms with Crippen molar-refractivity contribution in [3.63, 3.8) is 0 Å². The third-order valence-corrected chi connectivity index (χ3v) is 5.82. The number of aryl methyl sites for hydroxylation is 2. The molecule has 6 nitrogen and oxygen atoms in total. The lowest BCUT2D eigenvalue weighted by atomic mass is 10.0. The predicted octanol–water partition coefficient (Wildman–Crippen LogP) is 3.65. The number of hydrogen-bond donors (Lipinski definition) is 2. The molecule has 2 unspecified atom stereocenters. The molecular formula is C25H31N3O3. The highest BCUT2D eigenvalue weighted by Crippen LogP contribution is 2.30. The fraction of sp³-hybridized carbons (Fsp3) is 0.400. The summed E-state index contributed by atoms with van der Waals surface area (Å²) in [5.74, 6) is 1.66. The van der Waals surface area contributed by atoms with E-state index in [0.717, 1.165) is 53.5 Å². The Labute approximate surface area is 183 Å². The van der Waals surface area contributed by atoms with E-state index < -0.39 is 0 Å². The van der Waals surface area contributed by atoms with Crippen molar-refractivity contribution in [2.24, 2.45) is 5.92 Å². The summed E-state index contributed by atoms with van der Waals surface area (Å²) in [5.41, 5.74) is 5.56. The first-order valence-corrected chi connectivity index (χ1v) is 10.8. The first-order valence-electron chi connectivity index (χ1n) is 10.8. The Kier molecular flexibility index (Phi) is 6.59. The minimum Gasteiger partial charge on any atom is -0.493 e. The quantitative estimate of drug-likeness (QED) is 0.581.